The van der Waals surface area contributed by atoms with Gasteiger partial charge in [0.15, 0.2) is 11.5 Å². The Labute approximate surface area is 115 Å². The van der Waals surface area contributed by atoms with E-state index in [2.05, 4.69) is 5.32 Å². The van der Waals surface area contributed by atoms with E-state index in [-0.39, 0.29) is 5.92 Å². The molecule has 5 nitrogen and oxygen atoms in total. The van der Waals surface area contributed by atoms with Crippen molar-refractivity contribution in [3.05, 3.63) is 22.7 Å². The number of nitrogens with one attached hydrogen (secondary N) is 1. The summed E-state index contributed by atoms with van der Waals surface area (Å²) in [5.41, 5.74) is 0.881. The number of rotatable bonds is 2. The van der Waals surface area contributed by atoms with Gasteiger partial charge < -0.3 is 19.9 Å². The molecule has 2 atom stereocenters. The fraction of sp³-hybridized carbons (Fsp3) is 0.462. The summed E-state index contributed by atoms with van der Waals surface area (Å²) in [5, 5.41) is 12.7. The normalized spacial score (nSPS) is 25.3. The lowest BCUT2D eigenvalue weighted by Crippen LogP contribution is -2.34. The Morgan fingerprint density at radius 2 is 2.16 bits per heavy atom. The van der Waals surface area contributed by atoms with Crippen molar-refractivity contribution in [1.29, 1.82) is 0 Å². The van der Waals surface area contributed by atoms with E-state index in [1.54, 1.807) is 6.07 Å². The second-order valence-corrected chi connectivity index (χ2v) is 5.10. The third kappa shape index (κ3) is 2.24. The molecule has 2 aliphatic rings. The van der Waals surface area contributed by atoms with E-state index in [9.17, 15) is 9.90 Å². The van der Waals surface area contributed by atoms with Crippen LogP contribution < -0.4 is 14.8 Å². The number of hydrogen-bond acceptors (Lipinski definition) is 4. The topological polar surface area (TPSA) is 67.8 Å². The molecule has 102 valence electrons. The second-order valence-electron chi connectivity index (χ2n) is 4.69. The number of aliphatic carboxylic acids is 1. The Morgan fingerprint density at radius 1 is 1.37 bits per heavy atom. The van der Waals surface area contributed by atoms with Crippen LogP contribution in [-0.4, -0.2) is 36.9 Å². The Bertz CT molecular complexity index is 520. The molecule has 3 rings (SSSR count). The van der Waals surface area contributed by atoms with Crippen LogP contribution in [0, 0.1) is 0 Å². The molecule has 0 radical (unpaired) electrons. The Hall–Kier alpha value is -1.46. The molecule has 0 amide bonds. The van der Waals surface area contributed by atoms with E-state index >= 15 is 0 Å². The van der Waals surface area contributed by atoms with Gasteiger partial charge in [0, 0.05) is 5.92 Å². The highest BCUT2D eigenvalue weighted by Crippen LogP contribution is 2.41. The maximum absolute atomic E-state index is 11.2. The molecule has 6 heteroatoms. The molecule has 1 aromatic rings. The van der Waals surface area contributed by atoms with Crippen LogP contribution >= 0.6 is 11.6 Å². The summed E-state index contributed by atoms with van der Waals surface area (Å²) >= 11 is 6.18. The molecule has 0 aromatic heterocycles. The zero-order valence-electron chi connectivity index (χ0n) is 10.2. The number of carboxylic acid groups (broad SMARTS) is 1. The van der Waals surface area contributed by atoms with Gasteiger partial charge in [0.1, 0.15) is 19.3 Å². The van der Waals surface area contributed by atoms with Crippen molar-refractivity contribution in [1.82, 2.24) is 5.32 Å². The van der Waals surface area contributed by atoms with Gasteiger partial charge in [-0.15, -0.1) is 0 Å². The lowest BCUT2D eigenvalue weighted by molar-refractivity contribution is -0.139. The minimum Gasteiger partial charge on any atom is -0.486 e. The first-order valence-corrected chi connectivity index (χ1v) is 6.60. The standard InChI is InChI=1S/C13H14ClNO4/c14-9-5-7(6-10-12(9)19-4-3-18-10)8-1-2-15-11(8)13(16)17/h5-6,8,11,15H,1-4H2,(H,16,17). The lowest BCUT2D eigenvalue weighted by atomic mass is 9.91. The van der Waals surface area contributed by atoms with Crippen molar-refractivity contribution in [3.63, 3.8) is 0 Å². The fourth-order valence-corrected chi connectivity index (χ4v) is 2.94. The van der Waals surface area contributed by atoms with E-state index in [0.717, 1.165) is 12.0 Å². The summed E-state index contributed by atoms with van der Waals surface area (Å²) in [6.45, 7) is 1.65. The summed E-state index contributed by atoms with van der Waals surface area (Å²) in [6, 6.07) is 3.05. The Balaban J connectivity index is 1.97. The maximum Gasteiger partial charge on any atom is 0.321 e. The predicted octanol–water partition coefficient (Wildman–Crippen LogP) is 1.64. The van der Waals surface area contributed by atoms with Gasteiger partial charge in [-0.05, 0) is 30.7 Å². The number of carbonyl (C=O) groups is 1. The first-order chi connectivity index (χ1) is 9.16. The van der Waals surface area contributed by atoms with Crippen LogP contribution in [0.4, 0.5) is 0 Å². The smallest absolute Gasteiger partial charge is 0.321 e. The summed E-state index contributed by atoms with van der Waals surface area (Å²) in [4.78, 5) is 11.2. The van der Waals surface area contributed by atoms with Gasteiger partial charge in [-0.3, -0.25) is 4.79 Å². The Morgan fingerprint density at radius 3 is 2.95 bits per heavy atom. The van der Waals surface area contributed by atoms with Crippen LogP contribution in [0.25, 0.3) is 0 Å². The van der Waals surface area contributed by atoms with Crippen LogP contribution in [0.15, 0.2) is 12.1 Å². The van der Waals surface area contributed by atoms with Crippen LogP contribution in [0.2, 0.25) is 5.02 Å². The van der Waals surface area contributed by atoms with Crippen LogP contribution in [-0.2, 0) is 4.79 Å². The molecule has 0 bridgehead atoms. The molecule has 0 saturated carbocycles. The van der Waals surface area contributed by atoms with Crippen molar-refractivity contribution in [3.8, 4) is 11.5 Å². The molecular formula is C13H14ClNO4. The van der Waals surface area contributed by atoms with Gasteiger partial charge in [-0.1, -0.05) is 11.6 Å². The van der Waals surface area contributed by atoms with Gasteiger partial charge >= 0.3 is 5.97 Å². The number of ether oxygens (including phenoxy) is 2. The molecule has 19 heavy (non-hydrogen) atoms. The van der Waals surface area contributed by atoms with Gasteiger partial charge in [0.05, 0.1) is 5.02 Å². The molecule has 1 fully saturated rings. The molecule has 1 aromatic carbocycles. The maximum atomic E-state index is 11.2. The van der Waals surface area contributed by atoms with Gasteiger partial charge in [-0.25, -0.2) is 0 Å². The molecular weight excluding hydrogens is 270 g/mol. The summed E-state index contributed by atoms with van der Waals surface area (Å²) in [7, 11) is 0. The number of hydrogen-bond donors (Lipinski definition) is 2. The SMILES string of the molecule is O=C(O)C1NCCC1c1cc(Cl)c2c(c1)OCCO2. The summed E-state index contributed by atoms with van der Waals surface area (Å²) in [6.07, 6.45) is 0.771. The molecule has 0 spiro atoms. The van der Waals surface area contributed by atoms with Crippen molar-refractivity contribution in [2.45, 2.75) is 18.4 Å². The third-order valence-corrected chi connectivity index (χ3v) is 3.82. The molecule has 1 saturated heterocycles. The zero-order chi connectivity index (χ0) is 13.4. The molecule has 2 unspecified atom stereocenters. The first kappa shape index (κ1) is 12.6. The minimum atomic E-state index is -0.839. The van der Waals surface area contributed by atoms with Gasteiger partial charge in [0.25, 0.3) is 0 Å². The highest BCUT2D eigenvalue weighted by atomic mass is 35.5. The highest BCUT2D eigenvalue weighted by Gasteiger charge is 2.34. The molecule has 2 aliphatic heterocycles. The van der Waals surface area contributed by atoms with E-state index in [4.69, 9.17) is 21.1 Å². The van der Waals surface area contributed by atoms with E-state index < -0.39 is 12.0 Å². The van der Waals surface area contributed by atoms with E-state index in [1.807, 2.05) is 6.07 Å². The van der Waals surface area contributed by atoms with Crippen molar-refractivity contribution in [2.24, 2.45) is 0 Å². The average Bonchev–Trinajstić information content (AvgIpc) is 2.88. The van der Waals surface area contributed by atoms with E-state index in [0.29, 0.717) is 36.3 Å². The average molecular weight is 284 g/mol. The second kappa shape index (κ2) is 4.90. The lowest BCUT2D eigenvalue weighted by Gasteiger charge is -2.23. The van der Waals surface area contributed by atoms with Gasteiger partial charge in [-0.2, -0.15) is 0 Å². The third-order valence-electron chi connectivity index (χ3n) is 3.54. The molecule has 2 N–H and O–H groups in total. The van der Waals surface area contributed by atoms with Crippen LogP contribution in [0.1, 0.15) is 17.9 Å². The minimum absolute atomic E-state index is 0.0918. The summed E-state index contributed by atoms with van der Waals surface area (Å²) in [5.74, 6) is 0.221. The largest absolute Gasteiger partial charge is 0.486 e. The van der Waals surface area contributed by atoms with Crippen LogP contribution in [0.3, 0.4) is 0 Å². The van der Waals surface area contributed by atoms with Crippen molar-refractivity contribution >= 4 is 17.6 Å². The van der Waals surface area contributed by atoms with Crippen molar-refractivity contribution in [2.75, 3.05) is 19.8 Å². The van der Waals surface area contributed by atoms with E-state index in [1.165, 1.54) is 0 Å². The Kier molecular flexibility index (Phi) is 3.24. The summed E-state index contributed by atoms with van der Waals surface area (Å²) < 4.78 is 11.0. The van der Waals surface area contributed by atoms with Crippen LogP contribution in [0.5, 0.6) is 11.5 Å². The predicted molar refractivity (Wildman–Crippen MR) is 69.2 cm³/mol. The molecule has 0 aliphatic carbocycles. The van der Waals surface area contributed by atoms with Crippen molar-refractivity contribution < 1.29 is 19.4 Å². The highest BCUT2D eigenvalue weighted by molar-refractivity contribution is 6.32. The molecule has 2 heterocycles. The monoisotopic (exact) mass is 283 g/mol. The number of fused-ring (bicyclic) bond motifs is 1. The first-order valence-electron chi connectivity index (χ1n) is 6.22. The quantitative estimate of drug-likeness (QED) is 0.864. The number of carboxylic acids is 1. The van der Waals surface area contributed by atoms with Gasteiger partial charge in [0.2, 0.25) is 0 Å². The number of halogens is 1. The fourth-order valence-electron chi connectivity index (χ4n) is 2.67. The zero-order valence-corrected chi connectivity index (χ0v) is 10.9. The number of benzene rings is 1.